The molecule has 1 heterocycles. The summed E-state index contributed by atoms with van der Waals surface area (Å²) in [5.41, 5.74) is 1.92. The average Bonchev–Trinajstić information content (AvgIpc) is 2.34. The number of hydrogen-bond acceptors (Lipinski definition) is 3. The fourth-order valence-corrected chi connectivity index (χ4v) is 1.58. The van der Waals surface area contributed by atoms with Crippen LogP contribution >= 0.6 is 0 Å². The van der Waals surface area contributed by atoms with E-state index >= 15 is 0 Å². The lowest BCUT2D eigenvalue weighted by Crippen LogP contribution is -2.48. The Labute approximate surface area is 112 Å². The molecule has 6 heteroatoms. The van der Waals surface area contributed by atoms with Crippen molar-refractivity contribution in [2.75, 3.05) is 0 Å². The van der Waals surface area contributed by atoms with Crippen LogP contribution in [-0.4, -0.2) is 28.1 Å². The van der Waals surface area contributed by atoms with Gasteiger partial charge in [-0.05, 0) is 30.0 Å². The van der Waals surface area contributed by atoms with Crippen LogP contribution in [0.1, 0.15) is 25.0 Å². The number of nitrogens with one attached hydrogen (secondary N) is 2. The summed E-state index contributed by atoms with van der Waals surface area (Å²) in [7, 11) is 0. The summed E-state index contributed by atoms with van der Waals surface area (Å²) in [6.45, 7) is 5.72. The van der Waals surface area contributed by atoms with Crippen molar-refractivity contribution in [1.29, 1.82) is 0 Å². The molecule has 0 aliphatic heterocycles. The Morgan fingerprint density at radius 3 is 2.63 bits per heavy atom. The number of pyridine rings is 1. The third-order valence-corrected chi connectivity index (χ3v) is 2.80. The lowest BCUT2D eigenvalue weighted by molar-refractivity contribution is -0.140. The first-order chi connectivity index (χ1) is 8.91. The zero-order valence-corrected chi connectivity index (χ0v) is 11.3. The molecule has 1 aromatic heterocycles. The number of aromatic nitrogens is 1. The molecule has 0 radical (unpaired) electrons. The van der Waals surface area contributed by atoms with Gasteiger partial charge in [-0.25, -0.2) is 9.59 Å². The number of aliphatic carboxylic acids is 1. The lowest BCUT2D eigenvalue weighted by Gasteiger charge is -2.18. The molecule has 104 valence electrons. The van der Waals surface area contributed by atoms with Crippen LogP contribution in [0.3, 0.4) is 0 Å². The summed E-state index contributed by atoms with van der Waals surface area (Å²) in [5.74, 6) is -1.21. The molecule has 0 aliphatic rings. The van der Waals surface area contributed by atoms with Gasteiger partial charge in [0.1, 0.15) is 6.04 Å². The van der Waals surface area contributed by atoms with Crippen molar-refractivity contribution >= 4 is 12.0 Å². The summed E-state index contributed by atoms with van der Waals surface area (Å²) < 4.78 is 0. The van der Waals surface area contributed by atoms with Gasteiger partial charge >= 0.3 is 12.0 Å². The van der Waals surface area contributed by atoms with Crippen molar-refractivity contribution in [3.63, 3.8) is 0 Å². The number of carbonyl (C=O) groups is 2. The van der Waals surface area contributed by atoms with Crippen molar-refractivity contribution in [2.45, 2.75) is 33.4 Å². The summed E-state index contributed by atoms with van der Waals surface area (Å²) in [5, 5.41) is 14.1. The van der Waals surface area contributed by atoms with E-state index in [0.29, 0.717) is 6.54 Å². The minimum absolute atomic E-state index is 0.175. The molecule has 0 spiro atoms. The van der Waals surface area contributed by atoms with E-state index in [1.165, 1.54) is 0 Å². The van der Waals surface area contributed by atoms with E-state index < -0.39 is 18.0 Å². The first-order valence-electron chi connectivity index (χ1n) is 6.08. The second-order valence-corrected chi connectivity index (χ2v) is 4.69. The highest BCUT2D eigenvalue weighted by Gasteiger charge is 2.23. The highest BCUT2D eigenvalue weighted by Crippen LogP contribution is 2.04. The van der Waals surface area contributed by atoms with Gasteiger partial charge in [-0.3, -0.25) is 4.98 Å². The monoisotopic (exact) mass is 265 g/mol. The number of aryl methyl sites for hydroxylation is 1. The molecule has 19 heavy (non-hydrogen) atoms. The number of nitrogens with zero attached hydrogens (tertiary/aromatic N) is 1. The third-order valence-electron chi connectivity index (χ3n) is 2.80. The Morgan fingerprint density at radius 2 is 2.11 bits per heavy atom. The maximum absolute atomic E-state index is 11.6. The number of carboxylic acid groups (broad SMARTS) is 1. The topological polar surface area (TPSA) is 91.3 Å². The van der Waals surface area contributed by atoms with Gasteiger partial charge in [0.15, 0.2) is 0 Å². The van der Waals surface area contributed by atoms with Crippen LogP contribution in [0.25, 0.3) is 0 Å². The van der Waals surface area contributed by atoms with Crippen LogP contribution in [0.15, 0.2) is 18.5 Å². The number of amides is 2. The van der Waals surface area contributed by atoms with Crippen molar-refractivity contribution in [1.82, 2.24) is 15.6 Å². The van der Waals surface area contributed by atoms with Crippen molar-refractivity contribution in [2.24, 2.45) is 5.92 Å². The van der Waals surface area contributed by atoms with Crippen LogP contribution in [0, 0.1) is 12.8 Å². The zero-order chi connectivity index (χ0) is 14.4. The number of hydrogen-bond donors (Lipinski definition) is 3. The predicted octanol–water partition coefficient (Wildman–Crippen LogP) is 1.30. The minimum atomic E-state index is -1.04. The third kappa shape index (κ3) is 4.57. The normalized spacial score (nSPS) is 12.0. The Kier molecular flexibility index (Phi) is 5.29. The van der Waals surface area contributed by atoms with E-state index in [1.54, 1.807) is 26.2 Å². The molecule has 0 saturated carbocycles. The van der Waals surface area contributed by atoms with Gasteiger partial charge in [0, 0.05) is 18.9 Å². The quantitative estimate of drug-likeness (QED) is 0.748. The molecular weight excluding hydrogens is 246 g/mol. The number of urea groups is 1. The van der Waals surface area contributed by atoms with Crippen molar-refractivity contribution < 1.29 is 14.7 Å². The van der Waals surface area contributed by atoms with Crippen LogP contribution in [-0.2, 0) is 11.3 Å². The molecule has 0 bridgehead atoms. The molecule has 0 saturated heterocycles. The van der Waals surface area contributed by atoms with Gasteiger partial charge in [-0.1, -0.05) is 13.8 Å². The summed E-state index contributed by atoms with van der Waals surface area (Å²) in [4.78, 5) is 26.6. The number of carbonyl (C=O) groups excluding carboxylic acids is 1. The molecule has 0 aliphatic carbocycles. The lowest BCUT2D eigenvalue weighted by atomic mass is 10.1. The molecule has 0 unspecified atom stereocenters. The zero-order valence-electron chi connectivity index (χ0n) is 11.3. The molecule has 1 atom stereocenters. The molecule has 3 N–H and O–H groups in total. The molecule has 6 nitrogen and oxygen atoms in total. The smallest absolute Gasteiger partial charge is 0.326 e. The molecule has 1 rings (SSSR count). The Morgan fingerprint density at radius 1 is 1.42 bits per heavy atom. The van der Waals surface area contributed by atoms with Gasteiger partial charge in [-0.15, -0.1) is 0 Å². The molecule has 2 amide bonds. The Balaban J connectivity index is 2.52. The number of carboxylic acids is 1. The van der Waals surface area contributed by atoms with Gasteiger partial charge in [-0.2, -0.15) is 0 Å². The average molecular weight is 265 g/mol. The molecule has 1 aromatic rings. The van der Waals surface area contributed by atoms with Crippen LogP contribution in [0.2, 0.25) is 0 Å². The van der Waals surface area contributed by atoms with Gasteiger partial charge < -0.3 is 15.7 Å². The van der Waals surface area contributed by atoms with E-state index in [9.17, 15) is 9.59 Å². The van der Waals surface area contributed by atoms with E-state index in [0.717, 1.165) is 11.1 Å². The number of rotatable bonds is 5. The Hall–Kier alpha value is -2.11. The summed E-state index contributed by atoms with van der Waals surface area (Å²) >= 11 is 0. The molecule has 0 fully saturated rings. The van der Waals surface area contributed by atoms with E-state index in [1.807, 2.05) is 13.0 Å². The Bertz CT molecular complexity index is 460. The van der Waals surface area contributed by atoms with Gasteiger partial charge in [0.2, 0.25) is 0 Å². The van der Waals surface area contributed by atoms with E-state index in [2.05, 4.69) is 15.6 Å². The maximum atomic E-state index is 11.6. The van der Waals surface area contributed by atoms with E-state index in [-0.39, 0.29) is 5.92 Å². The van der Waals surface area contributed by atoms with Crippen molar-refractivity contribution in [3.05, 3.63) is 29.6 Å². The van der Waals surface area contributed by atoms with Crippen LogP contribution < -0.4 is 10.6 Å². The molecular formula is C13H19N3O3. The fraction of sp³-hybridized carbons (Fsp3) is 0.462. The van der Waals surface area contributed by atoms with Crippen LogP contribution in [0.4, 0.5) is 4.79 Å². The van der Waals surface area contributed by atoms with E-state index in [4.69, 9.17) is 5.11 Å². The van der Waals surface area contributed by atoms with Crippen molar-refractivity contribution in [3.8, 4) is 0 Å². The summed E-state index contributed by atoms with van der Waals surface area (Å²) in [6, 6.07) is 0.433. The predicted molar refractivity (Wildman–Crippen MR) is 70.6 cm³/mol. The standard InChI is InChI=1S/C13H19N3O3/c1-8(2)11(12(17)18)16-13(19)15-7-10-4-5-14-6-9(10)3/h4-6,8,11H,7H2,1-3H3,(H,17,18)(H2,15,16,19)/t11-/m0/s1. The van der Waals surface area contributed by atoms with Gasteiger partial charge in [0.25, 0.3) is 0 Å². The second kappa shape index (κ2) is 6.72. The SMILES string of the molecule is Cc1cnccc1CNC(=O)N[C@H](C(=O)O)C(C)C. The van der Waals surface area contributed by atoms with Gasteiger partial charge in [0.05, 0.1) is 0 Å². The highest BCUT2D eigenvalue weighted by atomic mass is 16.4. The fourth-order valence-electron chi connectivity index (χ4n) is 1.58. The largest absolute Gasteiger partial charge is 0.480 e. The molecule has 0 aromatic carbocycles. The highest BCUT2D eigenvalue weighted by molar-refractivity contribution is 5.82. The van der Waals surface area contributed by atoms with Crippen LogP contribution in [0.5, 0.6) is 0 Å². The summed E-state index contributed by atoms with van der Waals surface area (Å²) in [6.07, 6.45) is 3.36. The minimum Gasteiger partial charge on any atom is -0.480 e. The first kappa shape index (κ1) is 14.9. The maximum Gasteiger partial charge on any atom is 0.326 e. The second-order valence-electron chi connectivity index (χ2n) is 4.69. The first-order valence-corrected chi connectivity index (χ1v) is 6.08.